The lowest BCUT2D eigenvalue weighted by Gasteiger charge is -2.30. The highest BCUT2D eigenvalue weighted by molar-refractivity contribution is 5.97. The van der Waals surface area contributed by atoms with Crippen molar-refractivity contribution in [1.29, 1.82) is 0 Å². The summed E-state index contributed by atoms with van der Waals surface area (Å²) in [5.41, 5.74) is 7.55. The van der Waals surface area contributed by atoms with Gasteiger partial charge in [-0.2, -0.15) is 0 Å². The van der Waals surface area contributed by atoms with E-state index in [1.165, 1.54) is 19.3 Å². The predicted octanol–water partition coefficient (Wildman–Crippen LogP) is 1.96. The molecule has 0 spiro atoms. The Kier molecular flexibility index (Phi) is 4.20. The summed E-state index contributed by atoms with van der Waals surface area (Å²) in [6, 6.07) is 7.45. The van der Waals surface area contributed by atoms with E-state index in [2.05, 4.69) is 16.3 Å². The third-order valence-electron chi connectivity index (χ3n) is 3.27. The number of amides is 1. The molecule has 1 amide bonds. The number of anilines is 2. The molecular formula is C14H21N3O. The molecular weight excluding hydrogens is 226 g/mol. The number of rotatable bonds is 3. The number of nitrogens with one attached hydrogen (secondary N) is 1. The molecule has 3 N–H and O–H groups in total. The summed E-state index contributed by atoms with van der Waals surface area (Å²) in [6.07, 6.45) is 3.73. The van der Waals surface area contributed by atoms with E-state index >= 15 is 0 Å². The fourth-order valence-electron chi connectivity index (χ4n) is 2.24. The zero-order valence-electron chi connectivity index (χ0n) is 10.9. The van der Waals surface area contributed by atoms with Gasteiger partial charge in [-0.25, -0.2) is 0 Å². The van der Waals surface area contributed by atoms with E-state index in [1.807, 2.05) is 18.2 Å². The number of carbonyl (C=O) groups excluding carboxylic acids is 1. The summed E-state index contributed by atoms with van der Waals surface area (Å²) in [4.78, 5) is 14.0. The normalized spacial score (nSPS) is 17.3. The van der Waals surface area contributed by atoms with Crippen LogP contribution in [0.5, 0.6) is 0 Å². The van der Waals surface area contributed by atoms with Crippen LogP contribution < -0.4 is 16.0 Å². The van der Waals surface area contributed by atoms with Crippen LogP contribution in [0.15, 0.2) is 24.3 Å². The van der Waals surface area contributed by atoms with Crippen molar-refractivity contribution in [3.05, 3.63) is 24.3 Å². The molecule has 0 saturated carbocycles. The Balaban J connectivity index is 2.16. The van der Waals surface area contributed by atoms with Crippen LogP contribution in [0.1, 0.15) is 26.2 Å². The standard InChI is InChI=1S/C14H21N3O/c1-11(15)14(18)16-12-7-3-4-8-13(12)17-9-5-2-6-10-17/h3-4,7-8,11H,2,5-6,9-10,15H2,1H3,(H,16,18)/t11-/m0/s1. The van der Waals surface area contributed by atoms with Crippen molar-refractivity contribution in [2.45, 2.75) is 32.2 Å². The van der Waals surface area contributed by atoms with Crippen LogP contribution in [0.25, 0.3) is 0 Å². The summed E-state index contributed by atoms with van der Waals surface area (Å²) in [5.74, 6) is -0.139. The zero-order valence-corrected chi connectivity index (χ0v) is 10.9. The zero-order chi connectivity index (χ0) is 13.0. The Morgan fingerprint density at radius 3 is 2.61 bits per heavy atom. The quantitative estimate of drug-likeness (QED) is 0.858. The Morgan fingerprint density at radius 2 is 1.94 bits per heavy atom. The molecule has 0 radical (unpaired) electrons. The van der Waals surface area contributed by atoms with Crippen molar-refractivity contribution in [2.75, 3.05) is 23.3 Å². The SMILES string of the molecule is C[C@H](N)C(=O)Nc1ccccc1N1CCCCC1. The lowest BCUT2D eigenvalue weighted by molar-refractivity contribution is -0.117. The molecule has 18 heavy (non-hydrogen) atoms. The van der Waals surface area contributed by atoms with E-state index in [-0.39, 0.29) is 5.91 Å². The Morgan fingerprint density at radius 1 is 1.28 bits per heavy atom. The van der Waals surface area contributed by atoms with Crippen LogP contribution >= 0.6 is 0 Å². The number of benzene rings is 1. The minimum absolute atomic E-state index is 0.139. The van der Waals surface area contributed by atoms with Gasteiger partial charge in [0.15, 0.2) is 0 Å². The Hall–Kier alpha value is -1.55. The second-order valence-corrected chi connectivity index (χ2v) is 4.84. The van der Waals surface area contributed by atoms with Gasteiger partial charge in [-0.1, -0.05) is 12.1 Å². The van der Waals surface area contributed by atoms with Gasteiger partial charge < -0.3 is 16.0 Å². The van der Waals surface area contributed by atoms with E-state index < -0.39 is 6.04 Å². The molecule has 0 bridgehead atoms. The molecule has 1 aromatic rings. The monoisotopic (exact) mass is 247 g/mol. The molecule has 2 rings (SSSR count). The molecule has 1 heterocycles. The summed E-state index contributed by atoms with van der Waals surface area (Å²) in [7, 11) is 0. The van der Waals surface area contributed by atoms with Gasteiger partial charge in [-0.05, 0) is 38.3 Å². The van der Waals surface area contributed by atoms with E-state index in [1.54, 1.807) is 6.92 Å². The lowest BCUT2D eigenvalue weighted by atomic mass is 10.1. The van der Waals surface area contributed by atoms with Crippen LogP contribution in [-0.2, 0) is 4.79 Å². The summed E-state index contributed by atoms with van der Waals surface area (Å²) >= 11 is 0. The lowest BCUT2D eigenvalue weighted by Crippen LogP contribution is -2.34. The average molecular weight is 247 g/mol. The highest BCUT2D eigenvalue weighted by Crippen LogP contribution is 2.28. The second-order valence-electron chi connectivity index (χ2n) is 4.84. The van der Waals surface area contributed by atoms with Gasteiger partial charge in [-0.15, -0.1) is 0 Å². The first-order chi connectivity index (χ1) is 8.68. The molecule has 1 aliphatic heterocycles. The van der Waals surface area contributed by atoms with Crippen molar-refractivity contribution < 1.29 is 4.79 Å². The second kappa shape index (κ2) is 5.87. The molecule has 0 aliphatic carbocycles. The minimum Gasteiger partial charge on any atom is -0.370 e. The van der Waals surface area contributed by atoms with E-state index in [0.717, 1.165) is 24.5 Å². The molecule has 4 nitrogen and oxygen atoms in total. The molecule has 1 fully saturated rings. The number of para-hydroxylation sites is 2. The van der Waals surface area contributed by atoms with Crippen LogP contribution in [0, 0.1) is 0 Å². The largest absolute Gasteiger partial charge is 0.370 e. The maximum absolute atomic E-state index is 11.7. The van der Waals surface area contributed by atoms with Gasteiger partial charge in [0, 0.05) is 13.1 Å². The van der Waals surface area contributed by atoms with E-state index in [4.69, 9.17) is 5.73 Å². The fraction of sp³-hybridized carbons (Fsp3) is 0.500. The van der Waals surface area contributed by atoms with Crippen LogP contribution in [0.2, 0.25) is 0 Å². The highest BCUT2D eigenvalue weighted by atomic mass is 16.2. The van der Waals surface area contributed by atoms with Gasteiger partial charge in [-0.3, -0.25) is 4.79 Å². The van der Waals surface area contributed by atoms with E-state index in [0.29, 0.717) is 0 Å². The van der Waals surface area contributed by atoms with Gasteiger partial charge in [0.1, 0.15) is 0 Å². The first-order valence-corrected chi connectivity index (χ1v) is 6.59. The number of hydrogen-bond acceptors (Lipinski definition) is 3. The van der Waals surface area contributed by atoms with Gasteiger partial charge in [0.2, 0.25) is 5.91 Å². The van der Waals surface area contributed by atoms with Crippen LogP contribution in [0.3, 0.4) is 0 Å². The van der Waals surface area contributed by atoms with Crippen LogP contribution in [-0.4, -0.2) is 25.0 Å². The number of piperidine rings is 1. The fourth-order valence-corrected chi connectivity index (χ4v) is 2.24. The third kappa shape index (κ3) is 3.01. The molecule has 1 aromatic carbocycles. The number of nitrogens with two attached hydrogens (primary N) is 1. The van der Waals surface area contributed by atoms with Gasteiger partial charge in [0.05, 0.1) is 17.4 Å². The number of nitrogens with zero attached hydrogens (tertiary/aromatic N) is 1. The molecule has 1 aliphatic rings. The first-order valence-electron chi connectivity index (χ1n) is 6.59. The molecule has 0 aromatic heterocycles. The molecule has 98 valence electrons. The third-order valence-corrected chi connectivity index (χ3v) is 3.27. The number of hydrogen-bond donors (Lipinski definition) is 2. The molecule has 1 atom stereocenters. The van der Waals surface area contributed by atoms with Crippen LogP contribution in [0.4, 0.5) is 11.4 Å². The number of carbonyl (C=O) groups is 1. The first kappa shape index (κ1) is 12.9. The van der Waals surface area contributed by atoms with Crippen molar-refractivity contribution in [2.24, 2.45) is 5.73 Å². The molecule has 4 heteroatoms. The molecule has 0 unspecified atom stereocenters. The minimum atomic E-state index is -0.487. The summed E-state index contributed by atoms with van der Waals surface area (Å²) in [5, 5.41) is 2.90. The predicted molar refractivity (Wildman–Crippen MR) is 74.8 cm³/mol. The van der Waals surface area contributed by atoms with Gasteiger partial charge >= 0.3 is 0 Å². The highest BCUT2D eigenvalue weighted by Gasteiger charge is 2.16. The maximum Gasteiger partial charge on any atom is 0.241 e. The Bertz CT molecular complexity index is 411. The smallest absolute Gasteiger partial charge is 0.241 e. The average Bonchev–Trinajstić information content (AvgIpc) is 2.40. The summed E-state index contributed by atoms with van der Waals surface area (Å²) < 4.78 is 0. The van der Waals surface area contributed by atoms with Gasteiger partial charge in [0.25, 0.3) is 0 Å². The maximum atomic E-state index is 11.7. The van der Waals surface area contributed by atoms with Crippen molar-refractivity contribution in [3.8, 4) is 0 Å². The molecule has 1 saturated heterocycles. The topological polar surface area (TPSA) is 58.4 Å². The van der Waals surface area contributed by atoms with Crippen molar-refractivity contribution in [1.82, 2.24) is 0 Å². The Labute approximate surface area is 108 Å². The van der Waals surface area contributed by atoms with Crippen molar-refractivity contribution in [3.63, 3.8) is 0 Å². The summed E-state index contributed by atoms with van der Waals surface area (Å²) in [6.45, 7) is 3.81. The van der Waals surface area contributed by atoms with Crippen molar-refractivity contribution >= 4 is 17.3 Å². The van der Waals surface area contributed by atoms with E-state index in [9.17, 15) is 4.79 Å².